The second kappa shape index (κ2) is 5.87. The van der Waals surface area contributed by atoms with Crippen molar-refractivity contribution in [1.29, 1.82) is 0 Å². The molecule has 0 aromatic carbocycles. The number of thioether (sulfide) groups is 1. The molecule has 0 aliphatic carbocycles. The Morgan fingerprint density at radius 1 is 1.53 bits per heavy atom. The van der Waals surface area contributed by atoms with Crippen molar-refractivity contribution in [3.63, 3.8) is 0 Å². The van der Waals surface area contributed by atoms with Crippen molar-refractivity contribution in [3.8, 4) is 0 Å². The van der Waals surface area contributed by atoms with Crippen molar-refractivity contribution in [2.45, 2.75) is 49.9 Å². The van der Waals surface area contributed by atoms with Crippen LogP contribution in [0.2, 0.25) is 0 Å². The van der Waals surface area contributed by atoms with E-state index in [-0.39, 0.29) is 0 Å². The van der Waals surface area contributed by atoms with Crippen molar-refractivity contribution < 1.29 is 0 Å². The average molecular weight is 250 g/mol. The van der Waals surface area contributed by atoms with Crippen molar-refractivity contribution in [1.82, 2.24) is 9.88 Å². The first-order valence-corrected chi connectivity index (χ1v) is 7.46. The number of nitrogens with zero attached hydrogens (tertiary/aromatic N) is 2. The minimum absolute atomic E-state index is 0.593. The van der Waals surface area contributed by atoms with E-state index in [0.29, 0.717) is 11.3 Å². The van der Waals surface area contributed by atoms with E-state index in [1.165, 1.54) is 30.0 Å². The fourth-order valence-electron chi connectivity index (χ4n) is 2.54. The maximum Gasteiger partial charge on any atom is 0.101 e. The Bertz CT molecular complexity index is 365. The third-order valence-corrected chi connectivity index (χ3v) is 4.31. The summed E-state index contributed by atoms with van der Waals surface area (Å²) < 4.78 is 0. The Morgan fingerprint density at radius 3 is 3.06 bits per heavy atom. The molecule has 1 aromatic heterocycles. The summed E-state index contributed by atoms with van der Waals surface area (Å²) in [5.74, 6) is 0. The van der Waals surface area contributed by atoms with Gasteiger partial charge >= 0.3 is 0 Å². The maximum absolute atomic E-state index is 4.57. The van der Waals surface area contributed by atoms with Crippen molar-refractivity contribution in [2.75, 3.05) is 13.1 Å². The summed E-state index contributed by atoms with van der Waals surface area (Å²) in [6, 6.07) is 4.93. The minimum atomic E-state index is 0.593. The fourth-order valence-corrected chi connectivity index (χ4v) is 3.44. The second-order valence-electron chi connectivity index (χ2n) is 4.85. The summed E-state index contributed by atoms with van der Waals surface area (Å²) in [7, 11) is 0. The Balaban J connectivity index is 2.24. The van der Waals surface area contributed by atoms with E-state index >= 15 is 0 Å². The van der Waals surface area contributed by atoms with Gasteiger partial charge in [-0.1, -0.05) is 26.8 Å². The molecule has 0 amide bonds. The molecule has 0 spiro atoms. The molecule has 0 radical (unpaired) electrons. The van der Waals surface area contributed by atoms with Crippen LogP contribution in [-0.4, -0.2) is 28.2 Å². The number of aromatic nitrogens is 1. The third kappa shape index (κ3) is 3.02. The molecular formula is C14H22N2S. The molecule has 0 unspecified atom stereocenters. The summed E-state index contributed by atoms with van der Waals surface area (Å²) in [6.07, 6.45) is 4.52. The van der Waals surface area contributed by atoms with E-state index in [0.717, 1.165) is 6.54 Å². The van der Waals surface area contributed by atoms with Gasteiger partial charge in [-0.2, -0.15) is 0 Å². The standard InChI is InChI=1S/C14H22N2S/c1-4-16-10-6-8-13(16)12-7-5-9-15-14(12)17-11(2)3/h5,7,9,11,13H,4,6,8,10H2,1-3H3/t13-/m1/s1. The number of likely N-dealkylation sites (tertiary alicyclic amines) is 1. The first-order valence-electron chi connectivity index (χ1n) is 6.58. The van der Waals surface area contributed by atoms with Crippen LogP contribution in [0.4, 0.5) is 0 Å². The van der Waals surface area contributed by atoms with Gasteiger partial charge in [0.15, 0.2) is 0 Å². The molecular weight excluding hydrogens is 228 g/mol. The molecule has 1 atom stereocenters. The van der Waals surface area contributed by atoms with E-state index in [9.17, 15) is 0 Å². The third-order valence-electron chi connectivity index (χ3n) is 3.28. The number of hydrogen-bond donors (Lipinski definition) is 0. The highest BCUT2D eigenvalue weighted by atomic mass is 32.2. The molecule has 1 aliphatic heterocycles. The molecule has 3 heteroatoms. The summed E-state index contributed by atoms with van der Waals surface area (Å²) in [5, 5.41) is 1.83. The fraction of sp³-hybridized carbons (Fsp3) is 0.643. The van der Waals surface area contributed by atoms with Gasteiger partial charge in [0.05, 0.1) is 0 Å². The highest BCUT2D eigenvalue weighted by Crippen LogP contribution is 2.36. The molecule has 1 fully saturated rings. The summed E-state index contributed by atoms with van der Waals surface area (Å²) in [4.78, 5) is 7.14. The quantitative estimate of drug-likeness (QED) is 0.757. The van der Waals surface area contributed by atoms with E-state index in [2.05, 4.69) is 42.8 Å². The first-order chi connectivity index (χ1) is 8.22. The van der Waals surface area contributed by atoms with Crippen LogP contribution >= 0.6 is 11.8 Å². The summed E-state index contributed by atoms with van der Waals surface area (Å²) in [6.45, 7) is 9.10. The molecule has 94 valence electrons. The van der Waals surface area contributed by atoms with E-state index in [1.807, 2.05) is 18.0 Å². The maximum atomic E-state index is 4.57. The van der Waals surface area contributed by atoms with Crippen LogP contribution in [0.15, 0.2) is 23.4 Å². The SMILES string of the molecule is CCN1CCC[C@@H]1c1cccnc1SC(C)C. The highest BCUT2D eigenvalue weighted by Gasteiger charge is 2.27. The molecule has 0 bridgehead atoms. The van der Waals surface area contributed by atoms with Crippen molar-refractivity contribution in [3.05, 3.63) is 23.9 Å². The van der Waals surface area contributed by atoms with Gasteiger partial charge in [0, 0.05) is 23.1 Å². The highest BCUT2D eigenvalue weighted by molar-refractivity contribution is 7.99. The number of hydrogen-bond acceptors (Lipinski definition) is 3. The van der Waals surface area contributed by atoms with Gasteiger partial charge in [-0.05, 0) is 32.0 Å². The molecule has 1 saturated heterocycles. The average Bonchev–Trinajstić information content (AvgIpc) is 2.77. The number of rotatable bonds is 4. The lowest BCUT2D eigenvalue weighted by molar-refractivity contribution is 0.268. The molecule has 1 aromatic rings. The van der Waals surface area contributed by atoms with Gasteiger partial charge in [-0.3, -0.25) is 4.90 Å². The normalized spacial score (nSPS) is 21.3. The second-order valence-corrected chi connectivity index (χ2v) is 6.42. The first kappa shape index (κ1) is 12.9. The molecule has 2 heterocycles. The minimum Gasteiger partial charge on any atom is -0.297 e. The van der Waals surface area contributed by atoms with Crippen LogP contribution in [-0.2, 0) is 0 Å². The Hall–Kier alpha value is -0.540. The van der Waals surface area contributed by atoms with Gasteiger partial charge in [-0.25, -0.2) is 4.98 Å². The molecule has 1 aliphatic rings. The topological polar surface area (TPSA) is 16.1 Å². The summed E-state index contributed by atoms with van der Waals surface area (Å²) in [5.41, 5.74) is 1.44. The smallest absolute Gasteiger partial charge is 0.101 e. The molecule has 0 saturated carbocycles. The lowest BCUT2D eigenvalue weighted by Crippen LogP contribution is -2.23. The van der Waals surface area contributed by atoms with Gasteiger partial charge in [0.1, 0.15) is 5.03 Å². The zero-order valence-electron chi connectivity index (χ0n) is 11.0. The zero-order valence-corrected chi connectivity index (χ0v) is 11.8. The summed E-state index contributed by atoms with van der Waals surface area (Å²) >= 11 is 1.89. The Kier molecular flexibility index (Phi) is 4.46. The predicted molar refractivity (Wildman–Crippen MR) is 74.5 cm³/mol. The molecule has 17 heavy (non-hydrogen) atoms. The van der Waals surface area contributed by atoms with Crippen LogP contribution < -0.4 is 0 Å². The van der Waals surface area contributed by atoms with E-state index in [1.54, 1.807) is 0 Å². The Morgan fingerprint density at radius 2 is 2.35 bits per heavy atom. The lowest BCUT2D eigenvalue weighted by Gasteiger charge is -2.24. The van der Waals surface area contributed by atoms with Gasteiger partial charge in [-0.15, -0.1) is 11.8 Å². The van der Waals surface area contributed by atoms with Gasteiger partial charge in [0.25, 0.3) is 0 Å². The van der Waals surface area contributed by atoms with Crippen LogP contribution in [0, 0.1) is 0 Å². The van der Waals surface area contributed by atoms with E-state index < -0.39 is 0 Å². The van der Waals surface area contributed by atoms with Gasteiger partial charge in [0.2, 0.25) is 0 Å². The predicted octanol–water partition coefficient (Wildman–Crippen LogP) is 3.74. The van der Waals surface area contributed by atoms with E-state index in [4.69, 9.17) is 0 Å². The van der Waals surface area contributed by atoms with Gasteiger partial charge < -0.3 is 0 Å². The molecule has 2 nitrogen and oxygen atoms in total. The van der Waals surface area contributed by atoms with Crippen molar-refractivity contribution in [2.24, 2.45) is 0 Å². The van der Waals surface area contributed by atoms with Crippen LogP contribution in [0.1, 0.15) is 45.2 Å². The Labute approximate surface area is 109 Å². The molecule has 2 rings (SSSR count). The number of pyridine rings is 1. The zero-order chi connectivity index (χ0) is 12.3. The lowest BCUT2D eigenvalue weighted by atomic mass is 10.1. The monoisotopic (exact) mass is 250 g/mol. The molecule has 0 N–H and O–H groups in total. The van der Waals surface area contributed by atoms with Crippen LogP contribution in [0.5, 0.6) is 0 Å². The van der Waals surface area contributed by atoms with Crippen molar-refractivity contribution >= 4 is 11.8 Å². The largest absolute Gasteiger partial charge is 0.297 e. The van der Waals surface area contributed by atoms with Crippen LogP contribution in [0.3, 0.4) is 0 Å². The van der Waals surface area contributed by atoms with Crippen LogP contribution in [0.25, 0.3) is 0 Å².